The van der Waals surface area contributed by atoms with E-state index in [4.69, 9.17) is 0 Å². The maximum atomic E-state index is 3.93. The summed E-state index contributed by atoms with van der Waals surface area (Å²) in [5.41, 5.74) is 5.17. The number of fused-ring (bicyclic) bond motifs is 1. The summed E-state index contributed by atoms with van der Waals surface area (Å²) in [5.74, 6) is 0.527. The molecule has 0 spiro atoms. The highest BCUT2D eigenvalue weighted by molar-refractivity contribution is 5.92. The summed E-state index contributed by atoms with van der Waals surface area (Å²) < 4.78 is 2.40. The van der Waals surface area contributed by atoms with Gasteiger partial charge < -0.3 is 0 Å². The van der Waals surface area contributed by atoms with E-state index in [0.717, 1.165) is 6.54 Å². The lowest BCUT2D eigenvalue weighted by Crippen LogP contribution is -2.30. The van der Waals surface area contributed by atoms with Gasteiger partial charge in [0.1, 0.15) is 0 Å². The molecule has 0 saturated carbocycles. The molecular weight excluding hydrogens is 278 g/mol. The average Bonchev–Trinajstić information content (AvgIpc) is 2.73. The van der Waals surface area contributed by atoms with Crippen molar-refractivity contribution in [3.8, 4) is 0 Å². The van der Waals surface area contributed by atoms with Crippen LogP contribution in [0.3, 0.4) is 0 Å². The molecule has 1 unspecified atom stereocenters. The number of hydrogen-bond donors (Lipinski definition) is 0. The molecule has 0 N–H and O–H groups in total. The van der Waals surface area contributed by atoms with Crippen LogP contribution in [0.5, 0.6) is 0 Å². The van der Waals surface area contributed by atoms with E-state index in [2.05, 4.69) is 91.9 Å². The summed E-state index contributed by atoms with van der Waals surface area (Å²) in [6.07, 6.45) is 6.69. The highest BCUT2D eigenvalue weighted by Crippen LogP contribution is 2.30. The second-order valence-corrected chi connectivity index (χ2v) is 6.38. The van der Waals surface area contributed by atoms with Crippen LogP contribution >= 0.6 is 0 Å². The van der Waals surface area contributed by atoms with Crippen molar-refractivity contribution in [3.63, 3.8) is 0 Å². The van der Waals surface area contributed by atoms with Gasteiger partial charge in [0.15, 0.2) is 18.8 Å². The van der Waals surface area contributed by atoms with Crippen LogP contribution in [0.1, 0.15) is 30.5 Å². The van der Waals surface area contributed by atoms with E-state index < -0.39 is 0 Å². The highest BCUT2D eigenvalue weighted by Gasteiger charge is 2.27. The van der Waals surface area contributed by atoms with Gasteiger partial charge in [0, 0.05) is 11.5 Å². The molecule has 116 valence electrons. The topological polar surface area (TPSA) is 3.01 Å². The number of nitrogens with zero attached hydrogens (tertiary/aromatic N) is 1. The third kappa shape index (κ3) is 3.19. The van der Waals surface area contributed by atoms with Crippen LogP contribution in [0.15, 0.2) is 73.3 Å². The van der Waals surface area contributed by atoms with Crippen molar-refractivity contribution in [1.82, 2.24) is 0 Å². The summed E-state index contributed by atoms with van der Waals surface area (Å²) >= 11 is 0. The van der Waals surface area contributed by atoms with Crippen LogP contribution in [-0.4, -0.2) is 23.4 Å². The fourth-order valence-corrected chi connectivity index (χ4v) is 3.24. The fourth-order valence-electron chi connectivity index (χ4n) is 3.24. The molecule has 2 aromatic carbocycles. The zero-order chi connectivity index (χ0) is 16.2. The summed E-state index contributed by atoms with van der Waals surface area (Å²) in [7, 11) is 0. The molecular formula is C22H24N+. The standard InChI is InChI=1S/C22H24N/c1-4-14-23-16-19-12-8-9-13-20(19)21(15-22(23)17(2)3)18-10-6-5-7-11-18/h4-13,15-17,22H,1,14H2,2-3H3/q+1. The number of hydrogen-bond acceptors (Lipinski definition) is 0. The first-order valence-corrected chi connectivity index (χ1v) is 8.29. The monoisotopic (exact) mass is 302 g/mol. The van der Waals surface area contributed by atoms with Crippen molar-refractivity contribution in [2.45, 2.75) is 19.9 Å². The quantitative estimate of drug-likeness (QED) is 0.565. The highest BCUT2D eigenvalue weighted by atomic mass is 15.0. The lowest BCUT2D eigenvalue weighted by Gasteiger charge is -2.15. The third-order valence-corrected chi connectivity index (χ3v) is 4.38. The summed E-state index contributed by atoms with van der Waals surface area (Å²) in [4.78, 5) is 0. The minimum absolute atomic E-state index is 0.357. The molecule has 3 rings (SSSR count). The number of rotatable bonds is 4. The first kappa shape index (κ1) is 15.5. The maximum absolute atomic E-state index is 3.93. The van der Waals surface area contributed by atoms with Crippen LogP contribution in [-0.2, 0) is 0 Å². The SMILES string of the molecule is C=CC[N+]1=Cc2ccccc2C(c2ccccc2)=CC1C(C)C. The summed E-state index contributed by atoms with van der Waals surface area (Å²) in [6.45, 7) is 9.35. The predicted molar refractivity (Wildman–Crippen MR) is 99.1 cm³/mol. The van der Waals surface area contributed by atoms with E-state index >= 15 is 0 Å². The summed E-state index contributed by atoms with van der Waals surface area (Å²) in [6, 6.07) is 19.7. The third-order valence-electron chi connectivity index (χ3n) is 4.38. The molecule has 23 heavy (non-hydrogen) atoms. The molecule has 0 aromatic heterocycles. The molecule has 0 amide bonds. The van der Waals surface area contributed by atoms with Gasteiger partial charge in [-0.25, -0.2) is 4.58 Å². The van der Waals surface area contributed by atoms with Crippen LogP contribution in [0.2, 0.25) is 0 Å². The zero-order valence-electron chi connectivity index (χ0n) is 13.9. The fraction of sp³-hybridized carbons (Fsp3) is 0.227. The van der Waals surface area contributed by atoms with Gasteiger partial charge in [-0.2, -0.15) is 0 Å². The Bertz CT molecular complexity index is 751. The molecule has 0 saturated heterocycles. The average molecular weight is 302 g/mol. The first-order chi connectivity index (χ1) is 11.2. The van der Waals surface area contributed by atoms with E-state index in [1.54, 1.807) is 0 Å². The van der Waals surface area contributed by atoms with E-state index in [1.807, 2.05) is 6.08 Å². The van der Waals surface area contributed by atoms with Gasteiger partial charge in [-0.1, -0.05) is 69.0 Å². The second-order valence-electron chi connectivity index (χ2n) is 6.38. The van der Waals surface area contributed by atoms with E-state index in [-0.39, 0.29) is 0 Å². The van der Waals surface area contributed by atoms with Crippen molar-refractivity contribution in [1.29, 1.82) is 0 Å². The smallest absolute Gasteiger partial charge is 0.174 e. The Morgan fingerprint density at radius 2 is 1.74 bits per heavy atom. The van der Waals surface area contributed by atoms with Gasteiger partial charge in [0.2, 0.25) is 0 Å². The Kier molecular flexibility index (Phi) is 4.57. The van der Waals surface area contributed by atoms with Gasteiger partial charge in [0.25, 0.3) is 0 Å². The Labute approximate surface area is 139 Å². The molecule has 0 radical (unpaired) electrons. The van der Waals surface area contributed by atoms with Gasteiger partial charge in [-0.3, -0.25) is 0 Å². The lowest BCUT2D eigenvalue weighted by atomic mass is 9.92. The van der Waals surface area contributed by atoms with Crippen LogP contribution in [0.25, 0.3) is 5.57 Å². The van der Waals surface area contributed by atoms with Crippen LogP contribution in [0.4, 0.5) is 0 Å². The maximum Gasteiger partial charge on any atom is 0.174 e. The van der Waals surface area contributed by atoms with Crippen molar-refractivity contribution in [3.05, 3.63) is 90.0 Å². The largest absolute Gasteiger partial charge is 0.225 e. The van der Waals surface area contributed by atoms with Gasteiger partial charge in [-0.05, 0) is 34.9 Å². The molecule has 1 heteroatoms. The van der Waals surface area contributed by atoms with E-state index in [1.165, 1.54) is 22.3 Å². The van der Waals surface area contributed by atoms with Gasteiger partial charge in [0.05, 0.1) is 0 Å². The predicted octanol–water partition coefficient (Wildman–Crippen LogP) is 4.77. The number of benzene rings is 2. The van der Waals surface area contributed by atoms with Crippen molar-refractivity contribution in [2.24, 2.45) is 5.92 Å². The minimum Gasteiger partial charge on any atom is -0.225 e. The Morgan fingerprint density at radius 3 is 2.43 bits per heavy atom. The first-order valence-electron chi connectivity index (χ1n) is 8.29. The zero-order valence-corrected chi connectivity index (χ0v) is 13.9. The normalized spacial score (nSPS) is 17.1. The van der Waals surface area contributed by atoms with Crippen molar-refractivity contribution in [2.75, 3.05) is 6.54 Å². The van der Waals surface area contributed by atoms with Crippen molar-refractivity contribution < 1.29 is 4.58 Å². The molecule has 0 bridgehead atoms. The molecule has 0 aliphatic carbocycles. The lowest BCUT2D eigenvalue weighted by molar-refractivity contribution is -0.547. The van der Waals surface area contributed by atoms with E-state index in [0.29, 0.717) is 12.0 Å². The van der Waals surface area contributed by atoms with Crippen LogP contribution in [0, 0.1) is 5.92 Å². The summed E-state index contributed by atoms with van der Waals surface area (Å²) in [5, 5.41) is 0. The van der Waals surface area contributed by atoms with Gasteiger partial charge >= 0.3 is 0 Å². The molecule has 1 heterocycles. The molecule has 1 aliphatic heterocycles. The van der Waals surface area contributed by atoms with Crippen LogP contribution < -0.4 is 0 Å². The Morgan fingerprint density at radius 1 is 1.04 bits per heavy atom. The molecule has 1 aliphatic rings. The second kappa shape index (κ2) is 6.78. The molecule has 0 fully saturated rings. The molecule has 1 atom stereocenters. The Hall–Kier alpha value is -2.41. The molecule has 1 nitrogen and oxygen atoms in total. The molecule has 2 aromatic rings. The van der Waals surface area contributed by atoms with Crippen molar-refractivity contribution >= 4 is 11.8 Å². The van der Waals surface area contributed by atoms with E-state index in [9.17, 15) is 0 Å². The van der Waals surface area contributed by atoms with Gasteiger partial charge in [-0.15, -0.1) is 0 Å². The minimum atomic E-state index is 0.357. The Balaban J connectivity index is 2.22.